The number of nitrogens with zero attached hydrogens (tertiary/aromatic N) is 1. The van der Waals surface area contributed by atoms with Crippen molar-refractivity contribution < 1.29 is 9.53 Å². The molecule has 1 aromatic carbocycles. The van der Waals surface area contributed by atoms with Gasteiger partial charge in [0.05, 0.1) is 0 Å². The second-order valence-corrected chi connectivity index (χ2v) is 6.64. The highest BCUT2D eigenvalue weighted by molar-refractivity contribution is 5.81. The number of amides is 1. The normalized spacial score (nSPS) is 17.5. The van der Waals surface area contributed by atoms with Crippen LogP contribution in [0.4, 0.5) is 0 Å². The first-order chi connectivity index (χ1) is 11.7. The average Bonchev–Trinajstić information content (AvgIpc) is 2.62. The van der Waals surface area contributed by atoms with Crippen molar-refractivity contribution in [1.82, 2.24) is 10.2 Å². The molecule has 1 aliphatic heterocycles. The Labute approximate surface area is 146 Å². The van der Waals surface area contributed by atoms with Crippen molar-refractivity contribution in [2.75, 3.05) is 19.6 Å². The lowest BCUT2D eigenvalue weighted by molar-refractivity contribution is -0.129. The van der Waals surface area contributed by atoms with E-state index >= 15 is 0 Å². The molecule has 1 N–H and O–H groups in total. The first-order valence-corrected chi connectivity index (χ1v) is 9.44. The van der Waals surface area contributed by atoms with Gasteiger partial charge in [0.25, 0.3) is 5.91 Å². The highest BCUT2D eigenvalue weighted by Gasteiger charge is 2.24. The molecule has 1 fully saturated rings. The Balaban J connectivity index is 1.82. The zero-order valence-corrected chi connectivity index (χ0v) is 15.4. The van der Waals surface area contributed by atoms with E-state index in [0.717, 1.165) is 44.6 Å². The molecule has 1 unspecified atom stereocenters. The monoisotopic (exact) mass is 332 g/mol. The Morgan fingerprint density at radius 3 is 2.42 bits per heavy atom. The Kier molecular flexibility index (Phi) is 7.57. The maximum absolute atomic E-state index is 12.5. The van der Waals surface area contributed by atoms with Gasteiger partial charge in [0.2, 0.25) is 0 Å². The van der Waals surface area contributed by atoms with Crippen LogP contribution in [0.5, 0.6) is 5.75 Å². The average molecular weight is 332 g/mol. The maximum atomic E-state index is 12.5. The van der Waals surface area contributed by atoms with Crippen LogP contribution in [0.25, 0.3) is 0 Å². The summed E-state index contributed by atoms with van der Waals surface area (Å²) in [5.74, 6) is 0.790. The molecule has 1 aliphatic rings. The van der Waals surface area contributed by atoms with Crippen LogP contribution in [-0.4, -0.2) is 42.6 Å². The summed E-state index contributed by atoms with van der Waals surface area (Å²) in [6.45, 7) is 9.65. The molecule has 1 atom stereocenters. The van der Waals surface area contributed by atoms with Gasteiger partial charge in [0.15, 0.2) is 6.10 Å². The maximum Gasteiger partial charge on any atom is 0.261 e. The van der Waals surface area contributed by atoms with Crippen LogP contribution in [0.15, 0.2) is 24.3 Å². The van der Waals surface area contributed by atoms with Gasteiger partial charge in [-0.2, -0.15) is 0 Å². The number of nitrogens with one attached hydrogen (secondary N) is 1. The Hall–Kier alpha value is -1.55. The summed E-state index contributed by atoms with van der Waals surface area (Å²) in [5.41, 5.74) is 1.28. The number of carbonyl (C=O) groups excluding carboxylic acids is 1. The molecule has 0 aliphatic carbocycles. The van der Waals surface area contributed by atoms with E-state index in [1.54, 1.807) is 0 Å². The van der Waals surface area contributed by atoms with Crippen LogP contribution in [0.1, 0.15) is 52.0 Å². The highest BCUT2D eigenvalue weighted by atomic mass is 16.5. The van der Waals surface area contributed by atoms with E-state index in [1.165, 1.54) is 12.0 Å². The number of benzene rings is 1. The summed E-state index contributed by atoms with van der Waals surface area (Å²) in [4.78, 5) is 15.0. The summed E-state index contributed by atoms with van der Waals surface area (Å²) in [5, 5.41) is 3.18. The smallest absolute Gasteiger partial charge is 0.261 e. The van der Waals surface area contributed by atoms with E-state index in [4.69, 9.17) is 4.74 Å². The minimum absolute atomic E-state index is 0.0195. The number of piperidine rings is 1. The van der Waals surface area contributed by atoms with E-state index in [9.17, 15) is 4.79 Å². The SMILES string of the molecule is CCCN1CCC(NC(=O)C(CC)Oc2ccc(CC)cc2)CC1. The van der Waals surface area contributed by atoms with Crippen LogP contribution < -0.4 is 10.1 Å². The lowest BCUT2D eigenvalue weighted by Crippen LogP contribution is -2.48. The topological polar surface area (TPSA) is 41.6 Å². The van der Waals surface area contributed by atoms with Gasteiger partial charge in [-0.25, -0.2) is 0 Å². The Morgan fingerprint density at radius 2 is 1.88 bits per heavy atom. The summed E-state index contributed by atoms with van der Waals surface area (Å²) < 4.78 is 5.90. The summed E-state index contributed by atoms with van der Waals surface area (Å²) >= 11 is 0. The largest absolute Gasteiger partial charge is 0.481 e. The van der Waals surface area contributed by atoms with Gasteiger partial charge in [-0.3, -0.25) is 4.79 Å². The number of hydrogen-bond acceptors (Lipinski definition) is 3. The molecule has 0 saturated carbocycles. The van der Waals surface area contributed by atoms with Crippen molar-refractivity contribution in [3.05, 3.63) is 29.8 Å². The predicted molar refractivity (Wildman–Crippen MR) is 98.4 cm³/mol. The third kappa shape index (κ3) is 5.52. The summed E-state index contributed by atoms with van der Waals surface area (Å²) in [6.07, 6.45) is 4.54. The van der Waals surface area contributed by atoms with Gasteiger partial charge in [0, 0.05) is 19.1 Å². The zero-order chi connectivity index (χ0) is 17.4. The molecule has 1 aromatic rings. The van der Waals surface area contributed by atoms with Gasteiger partial charge >= 0.3 is 0 Å². The fraction of sp³-hybridized carbons (Fsp3) is 0.650. The van der Waals surface area contributed by atoms with Crippen molar-refractivity contribution in [2.45, 2.75) is 65.0 Å². The standard InChI is InChI=1S/C20H32N2O2/c1-4-13-22-14-11-17(12-15-22)21-20(23)19(6-3)24-18-9-7-16(5-2)8-10-18/h7-10,17,19H,4-6,11-15H2,1-3H3,(H,21,23). The predicted octanol–water partition coefficient (Wildman–Crippen LogP) is 3.40. The molecular weight excluding hydrogens is 300 g/mol. The third-order valence-corrected chi connectivity index (χ3v) is 4.75. The number of rotatable bonds is 8. The number of likely N-dealkylation sites (tertiary alicyclic amines) is 1. The summed E-state index contributed by atoms with van der Waals surface area (Å²) in [7, 11) is 0. The second kappa shape index (κ2) is 9.67. The van der Waals surface area contributed by atoms with Gasteiger partial charge in [0.1, 0.15) is 5.75 Å². The fourth-order valence-electron chi connectivity index (χ4n) is 3.20. The minimum Gasteiger partial charge on any atom is -0.481 e. The van der Waals surface area contributed by atoms with Gasteiger partial charge in [-0.15, -0.1) is 0 Å². The minimum atomic E-state index is -0.411. The Morgan fingerprint density at radius 1 is 1.21 bits per heavy atom. The molecule has 1 saturated heterocycles. The molecule has 0 radical (unpaired) electrons. The fourth-order valence-corrected chi connectivity index (χ4v) is 3.20. The molecule has 0 spiro atoms. The molecular formula is C20H32N2O2. The van der Waals surface area contributed by atoms with E-state index < -0.39 is 6.10 Å². The lowest BCUT2D eigenvalue weighted by atomic mass is 10.0. The number of aryl methyl sites for hydroxylation is 1. The molecule has 4 nitrogen and oxygen atoms in total. The molecule has 24 heavy (non-hydrogen) atoms. The van der Waals surface area contributed by atoms with Crippen molar-refractivity contribution in [2.24, 2.45) is 0 Å². The van der Waals surface area contributed by atoms with Crippen LogP contribution >= 0.6 is 0 Å². The van der Waals surface area contributed by atoms with Crippen molar-refractivity contribution >= 4 is 5.91 Å². The van der Waals surface area contributed by atoms with Crippen molar-refractivity contribution in [3.63, 3.8) is 0 Å². The molecule has 0 aromatic heterocycles. The van der Waals surface area contributed by atoms with Crippen LogP contribution in [0, 0.1) is 0 Å². The van der Waals surface area contributed by atoms with E-state index in [1.807, 2.05) is 19.1 Å². The number of ether oxygens (including phenoxy) is 1. The molecule has 134 valence electrons. The molecule has 1 amide bonds. The highest BCUT2D eigenvalue weighted by Crippen LogP contribution is 2.16. The van der Waals surface area contributed by atoms with Gasteiger partial charge < -0.3 is 15.0 Å². The van der Waals surface area contributed by atoms with Crippen molar-refractivity contribution in [3.8, 4) is 5.75 Å². The van der Waals surface area contributed by atoms with Crippen LogP contribution in [0.3, 0.4) is 0 Å². The quantitative estimate of drug-likeness (QED) is 0.793. The zero-order valence-electron chi connectivity index (χ0n) is 15.4. The van der Waals surface area contributed by atoms with Gasteiger partial charge in [-0.05, 0) is 56.3 Å². The van der Waals surface area contributed by atoms with E-state index in [2.05, 4.69) is 36.2 Å². The number of carbonyl (C=O) groups is 1. The van der Waals surface area contributed by atoms with Crippen molar-refractivity contribution in [1.29, 1.82) is 0 Å². The summed E-state index contributed by atoms with van der Waals surface area (Å²) in [6, 6.07) is 8.31. The Bertz CT molecular complexity index is 493. The van der Waals surface area contributed by atoms with Crippen LogP contribution in [0.2, 0.25) is 0 Å². The molecule has 1 heterocycles. The van der Waals surface area contributed by atoms with E-state index in [0.29, 0.717) is 6.42 Å². The molecule has 2 rings (SSSR count). The van der Waals surface area contributed by atoms with Crippen LogP contribution in [-0.2, 0) is 11.2 Å². The third-order valence-electron chi connectivity index (χ3n) is 4.75. The number of hydrogen-bond donors (Lipinski definition) is 1. The first-order valence-electron chi connectivity index (χ1n) is 9.44. The molecule has 4 heteroatoms. The van der Waals surface area contributed by atoms with E-state index in [-0.39, 0.29) is 11.9 Å². The lowest BCUT2D eigenvalue weighted by Gasteiger charge is -2.32. The second-order valence-electron chi connectivity index (χ2n) is 6.64. The molecule has 0 bridgehead atoms. The van der Waals surface area contributed by atoms with Gasteiger partial charge in [-0.1, -0.05) is 32.9 Å². The first kappa shape index (κ1) is 18.8.